The molecule has 1 atom stereocenters. The van der Waals surface area contributed by atoms with Crippen molar-refractivity contribution in [3.05, 3.63) is 65.7 Å². The van der Waals surface area contributed by atoms with Crippen molar-refractivity contribution in [1.29, 1.82) is 0 Å². The van der Waals surface area contributed by atoms with Crippen molar-refractivity contribution in [2.45, 2.75) is 53.0 Å². The molecule has 1 unspecified atom stereocenters. The highest BCUT2D eigenvalue weighted by molar-refractivity contribution is 6.09. The van der Waals surface area contributed by atoms with Gasteiger partial charge in [0.15, 0.2) is 0 Å². The minimum Gasteiger partial charge on any atom is -0.349 e. The normalized spacial score (nSPS) is 13.0. The minimum absolute atomic E-state index is 0.0509. The van der Waals surface area contributed by atoms with E-state index in [-0.39, 0.29) is 23.3 Å². The molecule has 144 valence electrons. The first-order valence-electron chi connectivity index (χ1n) is 9.29. The van der Waals surface area contributed by atoms with Crippen LogP contribution in [0.15, 0.2) is 54.6 Å². The predicted molar refractivity (Wildman–Crippen MR) is 111 cm³/mol. The molecule has 4 nitrogen and oxygen atoms in total. The Morgan fingerprint density at radius 1 is 0.815 bits per heavy atom. The van der Waals surface area contributed by atoms with Gasteiger partial charge in [0.2, 0.25) is 11.8 Å². The molecule has 0 saturated carbocycles. The van der Waals surface area contributed by atoms with Crippen molar-refractivity contribution < 1.29 is 9.59 Å². The van der Waals surface area contributed by atoms with Gasteiger partial charge in [-0.05, 0) is 49.4 Å². The summed E-state index contributed by atoms with van der Waals surface area (Å²) in [6.45, 7) is 11.6. The number of nitrogens with one attached hydrogen (secondary N) is 2. The smallest absolute Gasteiger partial charge is 0.239 e. The third kappa shape index (κ3) is 5.19. The Morgan fingerprint density at radius 2 is 1.37 bits per heavy atom. The Kier molecular flexibility index (Phi) is 6.09. The number of anilines is 1. The van der Waals surface area contributed by atoms with E-state index >= 15 is 0 Å². The zero-order valence-electron chi connectivity index (χ0n) is 17.1. The van der Waals surface area contributed by atoms with Crippen molar-refractivity contribution in [2.24, 2.45) is 5.41 Å². The zero-order valence-corrected chi connectivity index (χ0v) is 17.1. The number of carbonyl (C=O) groups is 2. The van der Waals surface area contributed by atoms with Gasteiger partial charge in [-0.2, -0.15) is 0 Å². The molecular weight excluding hydrogens is 336 g/mol. The van der Waals surface area contributed by atoms with Crippen LogP contribution in [-0.4, -0.2) is 11.8 Å². The molecule has 4 heteroatoms. The molecule has 0 heterocycles. The Balaban J connectivity index is 2.04. The average Bonchev–Trinajstić information content (AvgIpc) is 2.62. The van der Waals surface area contributed by atoms with Crippen molar-refractivity contribution in [3.8, 4) is 0 Å². The summed E-state index contributed by atoms with van der Waals surface area (Å²) in [4.78, 5) is 25.4. The fourth-order valence-electron chi connectivity index (χ4n) is 2.65. The monoisotopic (exact) mass is 366 g/mol. The Morgan fingerprint density at radius 3 is 1.89 bits per heavy atom. The van der Waals surface area contributed by atoms with E-state index < -0.39 is 5.41 Å². The second kappa shape index (κ2) is 7.95. The maximum Gasteiger partial charge on any atom is 0.239 e. The summed E-state index contributed by atoms with van der Waals surface area (Å²) >= 11 is 0. The second-order valence-electron chi connectivity index (χ2n) is 8.51. The van der Waals surface area contributed by atoms with E-state index in [1.54, 1.807) is 13.8 Å². The third-order valence-corrected chi connectivity index (χ3v) is 4.79. The molecule has 0 aliphatic rings. The van der Waals surface area contributed by atoms with Gasteiger partial charge in [0.1, 0.15) is 5.41 Å². The van der Waals surface area contributed by atoms with Gasteiger partial charge in [0.05, 0.1) is 6.04 Å². The van der Waals surface area contributed by atoms with Gasteiger partial charge in [-0.1, -0.05) is 63.2 Å². The van der Waals surface area contributed by atoms with E-state index in [1.165, 1.54) is 5.56 Å². The van der Waals surface area contributed by atoms with Crippen molar-refractivity contribution in [3.63, 3.8) is 0 Å². The van der Waals surface area contributed by atoms with Gasteiger partial charge in [-0.3, -0.25) is 9.59 Å². The van der Waals surface area contributed by atoms with Gasteiger partial charge < -0.3 is 10.6 Å². The lowest BCUT2D eigenvalue weighted by molar-refractivity contribution is -0.138. The Bertz CT molecular complexity index is 787. The quantitative estimate of drug-likeness (QED) is 0.745. The van der Waals surface area contributed by atoms with Gasteiger partial charge in [-0.25, -0.2) is 0 Å². The fourth-order valence-corrected chi connectivity index (χ4v) is 2.65. The maximum absolute atomic E-state index is 12.7. The third-order valence-electron chi connectivity index (χ3n) is 4.79. The fraction of sp³-hybridized carbons (Fsp3) is 0.391. The van der Waals surface area contributed by atoms with E-state index in [4.69, 9.17) is 0 Å². The highest BCUT2D eigenvalue weighted by Gasteiger charge is 2.36. The summed E-state index contributed by atoms with van der Waals surface area (Å²) in [5.41, 5.74) is 1.74. The number of hydrogen-bond donors (Lipinski definition) is 2. The molecule has 0 aliphatic heterocycles. The molecule has 0 aromatic heterocycles. The lowest BCUT2D eigenvalue weighted by Gasteiger charge is -2.25. The molecule has 2 rings (SSSR count). The molecule has 2 N–H and O–H groups in total. The molecule has 0 radical (unpaired) electrons. The first kappa shape index (κ1) is 20.7. The lowest BCUT2D eigenvalue weighted by Crippen LogP contribution is -2.45. The highest BCUT2D eigenvalue weighted by Crippen LogP contribution is 2.25. The number of benzene rings is 2. The Labute approximate surface area is 162 Å². The van der Waals surface area contributed by atoms with E-state index in [0.717, 1.165) is 5.56 Å². The topological polar surface area (TPSA) is 58.2 Å². The van der Waals surface area contributed by atoms with E-state index in [9.17, 15) is 9.59 Å². The number of amides is 2. The van der Waals surface area contributed by atoms with Crippen molar-refractivity contribution in [1.82, 2.24) is 5.32 Å². The van der Waals surface area contributed by atoms with Crippen LogP contribution in [0, 0.1) is 5.41 Å². The largest absolute Gasteiger partial charge is 0.349 e. The van der Waals surface area contributed by atoms with Crippen LogP contribution in [0.3, 0.4) is 0 Å². The Hall–Kier alpha value is -2.62. The van der Waals surface area contributed by atoms with Crippen LogP contribution >= 0.6 is 0 Å². The SMILES string of the molecule is CC(NC(=O)C(C)(C)C(=O)Nc1ccc(C(C)(C)C)cc1)c1ccccc1. The molecule has 27 heavy (non-hydrogen) atoms. The molecule has 2 aromatic rings. The molecular formula is C23H30N2O2. The summed E-state index contributed by atoms with van der Waals surface area (Å²) < 4.78 is 0. The van der Waals surface area contributed by atoms with Crippen LogP contribution in [0.25, 0.3) is 0 Å². The average molecular weight is 367 g/mol. The first-order valence-corrected chi connectivity index (χ1v) is 9.29. The molecule has 0 bridgehead atoms. The molecule has 2 amide bonds. The van der Waals surface area contributed by atoms with Gasteiger partial charge in [0.25, 0.3) is 0 Å². The predicted octanol–water partition coefficient (Wildman–Crippen LogP) is 4.83. The van der Waals surface area contributed by atoms with Crippen LogP contribution in [-0.2, 0) is 15.0 Å². The standard InChI is InChI=1S/C23H30N2O2/c1-16(17-10-8-7-9-11-17)24-20(26)23(5,6)21(27)25-19-14-12-18(13-15-19)22(2,3)4/h7-16H,1-6H3,(H,24,26)(H,25,27). The van der Waals surface area contributed by atoms with Crippen LogP contribution in [0.1, 0.15) is 58.7 Å². The van der Waals surface area contributed by atoms with Crippen LogP contribution in [0.2, 0.25) is 0 Å². The van der Waals surface area contributed by atoms with Crippen molar-refractivity contribution >= 4 is 17.5 Å². The van der Waals surface area contributed by atoms with Gasteiger partial charge >= 0.3 is 0 Å². The number of hydrogen-bond acceptors (Lipinski definition) is 2. The molecule has 0 fully saturated rings. The van der Waals surface area contributed by atoms with E-state index in [0.29, 0.717) is 5.69 Å². The van der Waals surface area contributed by atoms with E-state index in [2.05, 4.69) is 31.4 Å². The van der Waals surface area contributed by atoms with E-state index in [1.807, 2.05) is 61.5 Å². The molecule has 0 aliphatic carbocycles. The molecule has 0 saturated heterocycles. The summed E-state index contributed by atoms with van der Waals surface area (Å²) in [6.07, 6.45) is 0. The van der Waals surface area contributed by atoms with Crippen LogP contribution in [0.4, 0.5) is 5.69 Å². The summed E-state index contributed by atoms with van der Waals surface area (Å²) in [5, 5.41) is 5.79. The molecule has 2 aromatic carbocycles. The van der Waals surface area contributed by atoms with Gasteiger partial charge in [-0.15, -0.1) is 0 Å². The lowest BCUT2D eigenvalue weighted by atomic mass is 9.87. The van der Waals surface area contributed by atoms with Crippen LogP contribution in [0.5, 0.6) is 0 Å². The van der Waals surface area contributed by atoms with Gasteiger partial charge in [0, 0.05) is 5.69 Å². The first-order chi connectivity index (χ1) is 12.5. The zero-order chi connectivity index (χ0) is 20.2. The minimum atomic E-state index is -1.19. The highest BCUT2D eigenvalue weighted by atomic mass is 16.2. The second-order valence-corrected chi connectivity index (χ2v) is 8.51. The van der Waals surface area contributed by atoms with Crippen molar-refractivity contribution in [2.75, 3.05) is 5.32 Å². The summed E-state index contributed by atoms with van der Waals surface area (Å²) in [6, 6.07) is 17.3. The molecule has 0 spiro atoms. The maximum atomic E-state index is 12.7. The van der Waals surface area contributed by atoms with Crippen LogP contribution < -0.4 is 10.6 Å². The number of carbonyl (C=O) groups excluding carboxylic acids is 2. The summed E-state index contributed by atoms with van der Waals surface area (Å²) in [5.74, 6) is -0.633. The summed E-state index contributed by atoms with van der Waals surface area (Å²) in [7, 11) is 0. The number of rotatable bonds is 5.